The molecule has 2 aliphatic rings. The Labute approximate surface area is 179 Å². The number of aromatic nitrogens is 5. The van der Waals surface area contributed by atoms with E-state index in [-0.39, 0.29) is 17.3 Å². The third kappa shape index (κ3) is 3.33. The molecule has 8 nitrogen and oxygen atoms in total. The van der Waals surface area contributed by atoms with Gasteiger partial charge in [-0.3, -0.25) is 4.98 Å². The van der Waals surface area contributed by atoms with Crippen LogP contribution in [0.1, 0.15) is 33.1 Å². The number of H-pyrrole nitrogens is 1. The summed E-state index contributed by atoms with van der Waals surface area (Å²) in [4.78, 5) is 10.9. The molecular formula is C22H26FN7O. The van der Waals surface area contributed by atoms with Crippen LogP contribution >= 0.6 is 0 Å². The zero-order valence-electron chi connectivity index (χ0n) is 17.8. The smallest absolute Gasteiger partial charge is 0.147 e. The van der Waals surface area contributed by atoms with Gasteiger partial charge in [0.15, 0.2) is 0 Å². The Balaban J connectivity index is 1.38. The summed E-state index contributed by atoms with van der Waals surface area (Å²) < 4.78 is 15.4. The summed E-state index contributed by atoms with van der Waals surface area (Å²) in [5.41, 5.74) is 1.94. The minimum Gasteiger partial charge on any atom is -0.507 e. The second kappa shape index (κ2) is 6.98. The summed E-state index contributed by atoms with van der Waals surface area (Å²) in [6.45, 7) is 4.15. The molecule has 0 radical (unpaired) electrons. The molecule has 4 heterocycles. The van der Waals surface area contributed by atoms with Gasteiger partial charge < -0.3 is 15.3 Å². The summed E-state index contributed by atoms with van der Waals surface area (Å²) in [5.74, 6) is 0.694. The largest absolute Gasteiger partial charge is 0.507 e. The molecule has 9 heteroatoms. The molecule has 2 fully saturated rings. The molecule has 0 spiro atoms. The van der Waals surface area contributed by atoms with Gasteiger partial charge in [-0.25, -0.2) is 9.37 Å². The van der Waals surface area contributed by atoms with Crippen LogP contribution in [0.25, 0.3) is 22.5 Å². The monoisotopic (exact) mass is 423 g/mol. The van der Waals surface area contributed by atoms with E-state index in [0.717, 1.165) is 18.4 Å². The van der Waals surface area contributed by atoms with Crippen LogP contribution in [0, 0.1) is 0 Å². The molecule has 5 rings (SSSR count). The molecule has 2 aromatic heterocycles. The van der Waals surface area contributed by atoms with Crippen LogP contribution < -0.4 is 10.2 Å². The minimum absolute atomic E-state index is 0.0545. The van der Waals surface area contributed by atoms with E-state index in [0.29, 0.717) is 29.2 Å². The maximum Gasteiger partial charge on any atom is 0.147 e. The number of phenols is 1. The topological polar surface area (TPSA) is 103 Å². The molecule has 3 N–H and O–H groups in total. The van der Waals surface area contributed by atoms with Gasteiger partial charge in [0.1, 0.15) is 23.4 Å². The van der Waals surface area contributed by atoms with Gasteiger partial charge in [-0.15, -0.1) is 0 Å². The van der Waals surface area contributed by atoms with Crippen LogP contribution in [0.2, 0.25) is 0 Å². The third-order valence-corrected chi connectivity index (χ3v) is 6.87. The lowest BCUT2D eigenvalue weighted by Crippen LogP contribution is -2.65. The predicted octanol–water partition coefficient (Wildman–Crippen LogP) is 3.08. The number of rotatable bonds is 4. The minimum atomic E-state index is -0.998. The molecule has 0 saturated carbocycles. The SMILES string of the molecule is CN(c1cnc(-c2ccc(-c3cn[nH]n3)cc2O)cn1)[C@@H]1C[C@@]2(C)CC[C@](C)(N2)[C@@H]1F. The van der Waals surface area contributed by atoms with Crippen LogP contribution in [0.5, 0.6) is 5.75 Å². The van der Waals surface area contributed by atoms with Crippen LogP contribution in [-0.2, 0) is 0 Å². The van der Waals surface area contributed by atoms with Crippen molar-refractivity contribution in [2.24, 2.45) is 0 Å². The summed E-state index contributed by atoms with van der Waals surface area (Å²) in [6.07, 6.45) is 6.37. The van der Waals surface area contributed by atoms with Crippen molar-refractivity contribution < 1.29 is 9.50 Å². The van der Waals surface area contributed by atoms with Crippen molar-refractivity contribution in [1.82, 2.24) is 30.7 Å². The number of alkyl halides is 1. The fraction of sp³-hybridized carbons (Fsp3) is 0.455. The Kier molecular flexibility index (Phi) is 4.47. The second-order valence-corrected chi connectivity index (χ2v) is 9.23. The number of hydrogen-bond donors (Lipinski definition) is 3. The molecule has 0 aliphatic carbocycles. The van der Waals surface area contributed by atoms with E-state index < -0.39 is 11.7 Å². The van der Waals surface area contributed by atoms with Gasteiger partial charge in [0, 0.05) is 29.3 Å². The highest BCUT2D eigenvalue weighted by Crippen LogP contribution is 2.45. The van der Waals surface area contributed by atoms with Gasteiger partial charge in [0.05, 0.1) is 30.3 Å². The third-order valence-electron chi connectivity index (χ3n) is 6.87. The van der Waals surface area contributed by atoms with Crippen LogP contribution in [-0.4, -0.2) is 60.8 Å². The average Bonchev–Trinajstić information content (AvgIpc) is 3.38. The van der Waals surface area contributed by atoms with Crippen molar-refractivity contribution in [2.45, 2.75) is 56.4 Å². The zero-order chi connectivity index (χ0) is 21.8. The lowest BCUT2D eigenvalue weighted by Gasteiger charge is -2.47. The average molecular weight is 423 g/mol. The fourth-order valence-electron chi connectivity index (χ4n) is 5.09. The number of anilines is 1. The number of nitrogens with one attached hydrogen (secondary N) is 2. The second-order valence-electron chi connectivity index (χ2n) is 9.23. The summed E-state index contributed by atoms with van der Waals surface area (Å²) in [5, 5.41) is 24.4. The molecule has 0 amide bonds. The number of fused-ring (bicyclic) bond motifs is 2. The molecule has 162 valence electrons. The van der Waals surface area contributed by atoms with Gasteiger partial charge in [-0.2, -0.15) is 15.4 Å². The number of hydrogen-bond acceptors (Lipinski definition) is 7. The van der Waals surface area contributed by atoms with Crippen molar-refractivity contribution in [1.29, 1.82) is 0 Å². The maximum atomic E-state index is 15.4. The number of phenolic OH excluding ortho intramolecular Hbond substituents is 1. The predicted molar refractivity (Wildman–Crippen MR) is 115 cm³/mol. The van der Waals surface area contributed by atoms with Crippen molar-refractivity contribution in [2.75, 3.05) is 11.9 Å². The van der Waals surface area contributed by atoms with E-state index in [9.17, 15) is 5.11 Å². The van der Waals surface area contributed by atoms with E-state index >= 15 is 4.39 Å². The first kappa shape index (κ1) is 19.9. The Morgan fingerprint density at radius 3 is 2.65 bits per heavy atom. The van der Waals surface area contributed by atoms with Crippen molar-refractivity contribution in [3.8, 4) is 28.3 Å². The zero-order valence-corrected chi connectivity index (χ0v) is 17.8. The molecule has 2 aliphatic heterocycles. The number of aromatic hydroxyl groups is 1. The van der Waals surface area contributed by atoms with Gasteiger partial charge in [-0.1, -0.05) is 6.07 Å². The normalized spacial score (nSPS) is 29.8. The highest BCUT2D eigenvalue weighted by atomic mass is 19.1. The summed E-state index contributed by atoms with van der Waals surface area (Å²) in [6, 6.07) is 4.97. The van der Waals surface area contributed by atoms with Crippen molar-refractivity contribution in [3.05, 3.63) is 36.8 Å². The molecule has 0 unspecified atom stereocenters. The van der Waals surface area contributed by atoms with Gasteiger partial charge in [0.25, 0.3) is 0 Å². The molecule has 1 aromatic carbocycles. The molecule has 2 bridgehead atoms. The maximum absolute atomic E-state index is 15.4. The quantitative estimate of drug-likeness (QED) is 0.593. The van der Waals surface area contributed by atoms with Crippen LogP contribution in [0.3, 0.4) is 0 Å². The van der Waals surface area contributed by atoms with E-state index in [4.69, 9.17) is 0 Å². The lowest BCUT2D eigenvalue weighted by atomic mass is 9.82. The molecule has 4 atom stereocenters. The number of benzene rings is 1. The Morgan fingerprint density at radius 1 is 1.13 bits per heavy atom. The first-order chi connectivity index (χ1) is 14.8. The lowest BCUT2D eigenvalue weighted by molar-refractivity contribution is 0.0859. The molecule has 2 saturated heterocycles. The van der Waals surface area contributed by atoms with Gasteiger partial charge in [-0.05, 0) is 45.2 Å². The first-order valence-corrected chi connectivity index (χ1v) is 10.5. The van der Waals surface area contributed by atoms with E-state index in [1.165, 1.54) is 0 Å². The molecule has 3 aromatic rings. The van der Waals surface area contributed by atoms with Crippen molar-refractivity contribution >= 4 is 5.82 Å². The van der Waals surface area contributed by atoms with Crippen molar-refractivity contribution in [3.63, 3.8) is 0 Å². The van der Waals surface area contributed by atoms with Crippen LogP contribution in [0.4, 0.5) is 10.2 Å². The van der Waals surface area contributed by atoms with Gasteiger partial charge >= 0.3 is 0 Å². The Hall–Kier alpha value is -3.07. The van der Waals surface area contributed by atoms with Gasteiger partial charge in [0.2, 0.25) is 0 Å². The standard InChI is InChI=1S/C22H26FN7O/c1-21-6-7-22(2,28-21)20(23)17(9-21)30(3)19-12-24-16(10-25-19)14-5-4-13(8-18(14)31)15-11-26-29-27-15/h4-5,8,10-12,17,20,28,31H,6-7,9H2,1-3H3,(H,26,27,29)/t17-,20-,21-,22+/m1/s1. The number of piperidine rings is 1. The molecule has 31 heavy (non-hydrogen) atoms. The molecular weight excluding hydrogens is 397 g/mol. The number of nitrogens with zero attached hydrogens (tertiary/aromatic N) is 5. The Bertz CT molecular complexity index is 1090. The Morgan fingerprint density at radius 2 is 1.97 bits per heavy atom. The number of halogens is 1. The highest BCUT2D eigenvalue weighted by Gasteiger charge is 2.56. The van der Waals surface area contributed by atoms with Crippen LogP contribution in [0.15, 0.2) is 36.8 Å². The fourth-order valence-corrected chi connectivity index (χ4v) is 5.09. The summed E-state index contributed by atoms with van der Waals surface area (Å²) in [7, 11) is 1.88. The van der Waals surface area contributed by atoms with E-state index in [1.807, 2.05) is 24.9 Å². The van der Waals surface area contributed by atoms with E-state index in [2.05, 4.69) is 37.6 Å². The summed E-state index contributed by atoms with van der Waals surface area (Å²) >= 11 is 0. The first-order valence-electron chi connectivity index (χ1n) is 10.5. The van der Waals surface area contributed by atoms with E-state index in [1.54, 1.807) is 30.7 Å². The highest BCUT2D eigenvalue weighted by molar-refractivity contribution is 5.72. The number of aromatic amines is 1.